The fraction of sp³-hybridized carbons (Fsp3) is 0.350. The Hall–Kier alpha value is -2.69. The van der Waals surface area contributed by atoms with Gasteiger partial charge in [0.05, 0.1) is 12.3 Å². The van der Waals surface area contributed by atoms with E-state index >= 15 is 0 Å². The van der Waals surface area contributed by atoms with Gasteiger partial charge in [-0.3, -0.25) is 0 Å². The lowest BCUT2D eigenvalue weighted by Gasteiger charge is -2.17. The highest BCUT2D eigenvalue weighted by atomic mass is 16.5. The van der Waals surface area contributed by atoms with Crippen molar-refractivity contribution in [3.05, 3.63) is 53.1 Å². The first kappa shape index (κ1) is 18.6. The summed E-state index contributed by atoms with van der Waals surface area (Å²) in [5.74, 6) is 1.47. The average molecular weight is 342 g/mol. The molecule has 134 valence electrons. The van der Waals surface area contributed by atoms with Crippen LogP contribution in [0, 0.1) is 6.92 Å². The van der Waals surface area contributed by atoms with E-state index in [1.165, 1.54) is 5.56 Å². The number of ether oxygens (including phenoxy) is 2. The number of urea groups is 1. The van der Waals surface area contributed by atoms with E-state index in [1.807, 2.05) is 38.1 Å². The maximum atomic E-state index is 11.8. The minimum Gasteiger partial charge on any atom is -0.492 e. The van der Waals surface area contributed by atoms with Crippen LogP contribution >= 0.6 is 0 Å². The second-order valence-corrected chi connectivity index (χ2v) is 5.67. The fourth-order valence-electron chi connectivity index (χ4n) is 2.54. The highest BCUT2D eigenvalue weighted by Crippen LogP contribution is 2.30. The molecule has 0 saturated carbocycles. The summed E-state index contributed by atoms with van der Waals surface area (Å²) in [6.07, 6.45) is 0.998. The summed E-state index contributed by atoms with van der Waals surface area (Å²) in [7, 11) is 1.58. The lowest BCUT2D eigenvalue weighted by molar-refractivity contribution is 0.253. The van der Waals surface area contributed by atoms with Crippen LogP contribution in [-0.4, -0.2) is 19.7 Å². The van der Waals surface area contributed by atoms with Gasteiger partial charge in [-0.2, -0.15) is 0 Å². The van der Waals surface area contributed by atoms with Gasteiger partial charge in [0.15, 0.2) is 0 Å². The largest absolute Gasteiger partial charge is 0.492 e. The zero-order valence-corrected chi connectivity index (χ0v) is 15.3. The highest BCUT2D eigenvalue weighted by Gasteiger charge is 2.13. The van der Waals surface area contributed by atoms with E-state index in [4.69, 9.17) is 9.47 Å². The SMILES string of the molecule is CCOc1cccc(COc2ccc(CC)cc2C)c1NC(=O)NC. The van der Waals surface area contributed by atoms with Crippen LogP contribution in [0.3, 0.4) is 0 Å². The molecule has 0 aliphatic heterocycles. The van der Waals surface area contributed by atoms with E-state index in [1.54, 1.807) is 7.05 Å². The number of benzene rings is 2. The summed E-state index contributed by atoms with van der Waals surface area (Å²) in [5, 5.41) is 5.39. The van der Waals surface area contributed by atoms with Crippen LogP contribution in [0.2, 0.25) is 0 Å². The molecule has 0 unspecified atom stereocenters. The molecule has 0 bridgehead atoms. The molecule has 2 rings (SSSR count). The normalized spacial score (nSPS) is 10.2. The fourth-order valence-corrected chi connectivity index (χ4v) is 2.54. The molecule has 0 aliphatic rings. The van der Waals surface area contributed by atoms with Gasteiger partial charge in [0.1, 0.15) is 18.1 Å². The number of hydrogen-bond donors (Lipinski definition) is 2. The smallest absolute Gasteiger partial charge is 0.319 e. The molecule has 0 spiro atoms. The van der Waals surface area contributed by atoms with Crippen LogP contribution in [0.5, 0.6) is 11.5 Å². The quantitative estimate of drug-likeness (QED) is 0.789. The number of nitrogens with one attached hydrogen (secondary N) is 2. The number of para-hydroxylation sites is 1. The van der Waals surface area contributed by atoms with E-state index in [9.17, 15) is 4.79 Å². The zero-order chi connectivity index (χ0) is 18.2. The minimum atomic E-state index is -0.295. The number of rotatable bonds is 7. The van der Waals surface area contributed by atoms with Gasteiger partial charge >= 0.3 is 6.03 Å². The Bertz CT molecular complexity index is 729. The second-order valence-electron chi connectivity index (χ2n) is 5.67. The third-order valence-electron chi connectivity index (χ3n) is 3.91. The molecule has 5 nitrogen and oxygen atoms in total. The minimum absolute atomic E-state index is 0.295. The Labute approximate surface area is 149 Å². The van der Waals surface area contributed by atoms with E-state index < -0.39 is 0 Å². The molecule has 5 heteroatoms. The van der Waals surface area contributed by atoms with Crippen molar-refractivity contribution in [1.82, 2.24) is 5.32 Å². The summed E-state index contributed by atoms with van der Waals surface area (Å²) in [5.41, 5.74) is 3.87. The van der Waals surface area contributed by atoms with Crippen LogP contribution in [0.4, 0.5) is 10.5 Å². The first-order valence-corrected chi connectivity index (χ1v) is 8.54. The molecule has 2 aromatic rings. The van der Waals surface area contributed by atoms with E-state index in [-0.39, 0.29) is 6.03 Å². The number of carbonyl (C=O) groups is 1. The van der Waals surface area contributed by atoms with Gasteiger partial charge in [0, 0.05) is 12.6 Å². The summed E-state index contributed by atoms with van der Waals surface area (Å²) in [6, 6.07) is 11.6. The molecule has 25 heavy (non-hydrogen) atoms. The monoisotopic (exact) mass is 342 g/mol. The van der Waals surface area contributed by atoms with Crippen molar-refractivity contribution in [1.29, 1.82) is 0 Å². The predicted molar refractivity (Wildman–Crippen MR) is 101 cm³/mol. The van der Waals surface area contributed by atoms with Gasteiger partial charge in [0.25, 0.3) is 0 Å². The Morgan fingerprint density at radius 2 is 1.88 bits per heavy atom. The van der Waals surface area contributed by atoms with E-state index in [0.717, 1.165) is 23.3 Å². The van der Waals surface area contributed by atoms with Crippen LogP contribution < -0.4 is 20.1 Å². The van der Waals surface area contributed by atoms with Gasteiger partial charge in [-0.15, -0.1) is 0 Å². The Morgan fingerprint density at radius 1 is 1.08 bits per heavy atom. The van der Waals surface area contributed by atoms with Crippen LogP contribution in [0.15, 0.2) is 36.4 Å². The molecule has 0 radical (unpaired) electrons. The van der Waals surface area contributed by atoms with Crippen molar-refractivity contribution in [2.75, 3.05) is 19.0 Å². The van der Waals surface area contributed by atoms with Gasteiger partial charge in [-0.1, -0.05) is 31.2 Å². The van der Waals surface area contributed by atoms with Crippen LogP contribution in [-0.2, 0) is 13.0 Å². The first-order valence-electron chi connectivity index (χ1n) is 8.54. The summed E-state index contributed by atoms with van der Waals surface area (Å²) >= 11 is 0. The number of anilines is 1. The van der Waals surface area contributed by atoms with Crippen molar-refractivity contribution in [3.8, 4) is 11.5 Å². The summed E-state index contributed by atoms with van der Waals surface area (Å²) in [4.78, 5) is 11.8. The molecule has 2 amide bonds. The third-order valence-corrected chi connectivity index (χ3v) is 3.91. The lowest BCUT2D eigenvalue weighted by atomic mass is 10.1. The van der Waals surface area contributed by atoms with Gasteiger partial charge in [-0.25, -0.2) is 4.79 Å². The molecule has 2 N–H and O–H groups in total. The Balaban J connectivity index is 2.23. The van der Waals surface area contributed by atoms with Crippen LogP contribution in [0.1, 0.15) is 30.5 Å². The molecule has 0 heterocycles. The molecule has 2 aromatic carbocycles. The second kappa shape index (κ2) is 8.97. The zero-order valence-electron chi connectivity index (χ0n) is 15.3. The van der Waals surface area contributed by atoms with E-state index in [2.05, 4.69) is 29.7 Å². The molecule has 0 atom stereocenters. The predicted octanol–water partition coefficient (Wildman–Crippen LogP) is 4.29. The van der Waals surface area contributed by atoms with Crippen molar-refractivity contribution >= 4 is 11.7 Å². The molecule has 0 aliphatic carbocycles. The maximum Gasteiger partial charge on any atom is 0.319 e. The Morgan fingerprint density at radius 3 is 2.52 bits per heavy atom. The molecule has 0 fully saturated rings. The number of hydrogen-bond acceptors (Lipinski definition) is 3. The highest BCUT2D eigenvalue weighted by molar-refractivity contribution is 5.91. The van der Waals surface area contributed by atoms with Gasteiger partial charge in [-0.05, 0) is 43.5 Å². The van der Waals surface area contributed by atoms with Crippen molar-refractivity contribution < 1.29 is 14.3 Å². The summed E-state index contributed by atoms with van der Waals surface area (Å²) < 4.78 is 11.6. The Kier molecular flexibility index (Phi) is 6.69. The molecular formula is C20H26N2O3. The summed E-state index contributed by atoms with van der Waals surface area (Å²) in [6.45, 7) is 6.93. The standard InChI is InChI=1S/C20H26N2O3/c1-5-15-10-11-17(14(3)12-15)25-13-16-8-7-9-18(24-6-2)19(16)22-20(23)21-4/h7-12H,5-6,13H2,1-4H3,(H2,21,22,23). The van der Waals surface area contributed by atoms with Gasteiger partial charge < -0.3 is 20.1 Å². The third kappa shape index (κ3) is 4.89. The maximum absolute atomic E-state index is 11.8. The van der Waals surface area contributed by atoms with E-state index in [0.29, 0.717) is 24.7 Å². The van der Waals surface area contributed by atoms with Crippen molar-refractivity contribution in [3.63, 3.8) is 0 Å². The number of amides is 2. The first-order chi connectivity index (χ1) is 12.1. The number of carbonyl (C=O) groups excluding carboxylic acids is 1. The van der Waals surface area contributed by atoms with Gasteiger partial charge in [0.2, 0.25) is 0 Å². The number of aryl methyl sites for hydroxylation is 2. The average Bonchev–Trinajstić information content (AvgIpc) is 2.62. The van der Waals surface area contributed by atoms with Crippen LogP contribution in [0.25, 0.3) is 0 Å². The van der Waals surface area contributed by atoms with Crippen molar-refractivity contribution in [2.45, 2.75) is 33.8 Å². The molecule has 0 saturated heterocycles. The lowest BCUT2D eigenvalue weighted by Crippen LogP contribution is -2.25. The topological polar surface area (TPSA) is 59.6 Å². The molecular weight excluding hydrogens is 316 g/mol. The molecule has 0 aromatic heterocycles. The van der Waals surface area contributed by atoms with Crippen molar-refractivity contribution in [2.24, 2.45) is 0 Å².